The first-order chi connectivity index (χ1) is 11.5. The zero-order valence-corrected chi connectivity index (χ0v) is 13.8. The van der Waals surface area contributed by atoms with Crippen LogP contribution >= 0.6 is 0 Å². The van der Waals surface area contributed by atoms with Gasteiger partial charge in [0.05, 0.1) is 7.11 Å². The first-order valence-electron chi connectivity index (χ1n) is 7.47. The number of hydrogen-bond donors (Lipinski definition) is 2. The highest BCUT2D eigenvalue weighted by molar-refractivity contribution is 5.94. The van der Waals surface area contributed by atoms with E-state index < -0.39 is 6.10 Å². The SMILES string of the molecule is COc1ccc(NC(=O)[C@H](C)Oc2ccc(NC(C)=O)cc2)cc1. The summed E-state index contributed by atoms with van der Waals surface area (Å²) in [6.07, 6.45) is -0.668. The molecule has 2 aromatic rings. The topological polar surface area (TPSA) is 76.7 Å². The Labute approximate surface area is 140 Å². The van der Waals surface area contributed by atoms with E-state index in [1.807, 2.05) is 0 Å². The molecular weight excluding hydrogens is 308 g/mol. The normalized spacial score (nSPS) is 11.3. The van der Waals surface area contributed by atoms with Crippen molar-refractivity contribution in [3.8, 4) is 11.5 Å². The van der Waals surface area contributed by atoms with Gasteiger partial charge >= 0.3 is 0 Å². The van der Waals surface area contributed by atoms with Crippen LogP contribution in [0, 0.1) is 0 Å². The zero-order chi connectivity index (χ0) is 17.5. The van der Waals surface area contributed by atoms with Gasteiger partial charge < -0.3 is 20.1 Å². The lowest BCUT2D eigenvalue weighted by Gasteiger charge is -2.15. The molecule has 0 spiro atoms. The van der Waals surface area contributed by atoms with Crippen LogP contribution in [0.4, 0.5) is 11.4 Å². The molecule has 0 unspecified atom stereocenters. The van der Waals surface area contributed by atoms with Crippen molar-refractivity contribution in [3.63, 3.8) is 0 Å². The van der Waals surface area contributed by atoms with Crippen LogP contribution in [0.25, 0.3) is 0 Å². The lowest BCUT2D eigenvalue weighted by atomic mass is 10.2. The molecule has 0 radical (unpaired) electrons. The van der Waals surface area contributed by atoms with Gasteiger partial charge in [-0.1, -0.05) is 0 Å². The number of ether oxygens (including phenoxy) is 2. The molecule has 0 saturated heterocycles. The fourth-order valence-electron chi connectivity index (χ4n) is 2.00. The standard InChI is InChI=1S/C18H20N2O4/c1-12(18(22)20-15-4-8-16(23-3)9-5-15)24-17-10-6-14(7-11-17)19-13(2)21/h4-12H,1-3H3,(H,19,21)(H,20,22)/t12-/m0/s1. The van der Waals surface area contributed by atoms with Gasteiger partial charge in [0, 0.05) is 18.3 Å². The smallest absolute Gasteiger partial charge is 0.265 e. The Morgan fingerprint density at radius 1 is 0.875 bits per heavy atom. The second kappa shape index (κ2) is 8.01. The third-order valence-electron chi connectivity index (χ3n) is 3.21. The van der Waals surface area contributed by atoms with Crippen molar-refractivity contribution in [2.45, 2.75) is 20.0 Å². The summed E-state index contributed by atoms with van der Waals surface area (Å²) in [7, 11) is 1.58. The van der Waals surface area contributed by atoms with Crippen molar-refractivity contribution in [1.29, 1.82) is 0 Å². The molecule has 6 nitrogen and oxygen atoms in total. The predicted octanol–water partition coefficient (Wildman–Crippen LogP) is 3.06. The minimum Gasteiger partial charge on any atom is -0.497 e. The van der Waals surface area contributed by atoms with E-state index in [4.69, 9.17) is 9.47 Å². The van der Waals surface area contributed by atoms with Gasteiger partial charge in [-0.25, -0.2) is 0 Å². The van der Waals surface area contributed by atoms with E-state index in [0.717, 1.165) is 5.75 Å². The van der Waals surface area contributed by atoms with Crippen LogP contribution in [0.5, 0.6) is 11.5 Å². The Morgan fingerprint density at radius 3 is 1.88 bits per heavy atom. The van der Waals surface area contributed by atoms with Crippen molar-refractivity contribution in [3.05, 3.63) is 48.5 Å². The Kier molecular flexibility index (Phi) is 5.78. The van der Waals surface area contributed by atoms with Crippen molar-refractivity contribution in [2.24, 2.45) is 0 Å². The molecule has 0 fully saturated rings. The van der Waals surface area contributed by atoms with E-state index in [0.29, 0.717) is 17.1 Å². The third-order valence-corrected chi connectivity index (χ3v) is 3.21. The molecule has 0 heterocycles. The number of carbonyl (C=O) groups is 2. The van der Waals surface area contributed by atoms with Crippen LogP contribution in [0.2, 0.25) is 0 Å². The van der Waals surface area contributed by atoms with Gasteiger partial charge in [0.15, 0.2) is 6.10 Å². The summed E-state index contributed by atoms with van der Waals surface area (Å²) >= 11 is 0. The summed E-state index contributed by atoms with van der Waals surface area (Å²) in [5, 5.41) is 5.44. The molecule has 126 valence electrons. The van der Waals surface area contributed by atoms with E-state index in [-0.39, 0.29) is 11.8 Å². The van der Waals surface area contributed by atoms with E-state index in [9.17, 15) is 9.59 Å². The third kappa shape index (κ3) is 5.01. The predicted molar refractivity (Wildman–Crippen MR) is 92.5 cm³/mol. The van der Waals surface area contributed by atoms with Crippen molar-refractivity contribution in [2.75, 3.05) is 17.7 Å². The fourth-order valence-corrected chi connectivity index (χ4v) is 2.00. The maximum atomic E-state index is 12.2. The number of benzene rings is 2. The van der Waals surface area contributed by atoms with Crippen molar-refractivity contribution >= 4 is 23.2 Å². The highest BCUT2D eigenvalue weighted by Gasteiger charge is 2.15. The zero-order valence-electron chi connectivity index (χ0n) is 13.8. The molecule has 0 saturated carbocycles. The van der Waals surface area contributed by atoms with E-state index >= 15 is 0 Å². The number of rotatable bonds is 6. The van der Waals surface area contributed by atoms with Crippen LogP contribution in [0.1, 0.15) is 13.8 Å². The highest BCUT2D eigenvalue weighted by atomic mass is 16.5. The minimum absolute atomic E-state index is 0.143. The number of amides is 2. The summed E-state index contributed by atoms with van der Waals surface area (Å²) in [5.74, 6) is 0.861. The summed E-state index contributed by atoms with van der Waals surface area (Å²) in [5.41, 5.74) is 1.34. The van der Waals surface area contributed by atoms with Gasteiger partial charge in [0.1, 0.15) is 11.5 Å². The summed E-state index contributed by atoms with van der Waals surface area (Å²) < 4.78 is 10.7. The van der Waals surface area contributed by atoms with Crippen LogP contribution in [-0.2, 0) is 9.59 Å². The molecule has 0 aliphatic rings. The quantitative estimate of drug-likeness (QED) is 0.854. The molecule has 1 atom stereocenters. The first kappa shape index (κ1) is 17.3. The van der Waals surface area contributed by atoms with E-state index in [1.54, 1.807) is 62.6 Å². The lowest BCUT2D eigenvalue weighted by Crippen LogP contribution is -2.30. The Morgan fingerprint density at radius 2 is 1.38 bits per heavy atom. The van der Waals surface area contributed by atoms with E-state index in [1.165, 1.54) is 6.92 Å². The van der Waals surface area contributed by atoms with Crippen molar-refractivity contribution < 1.29 is 19.1 Å². The molecule has 0 aliphatic carbocycles. The van der Waals surface area contributed by atoms with Crippen LogP contribution in [0.15, 0.2) is 48.5 Å². The van der Waals surface area contributed by atoms with Gasteiger partial charge in [-0.3, -0.25) is 9.59 Å². The van der Waals surface area contributed by atoms with Crippen molar-refractivity contribution in [1.82, 2.24) is 0 Å². The number of hydrogen-bond acceptors (Lipinski definition) is 4. The largest absolute Gasteiger partial charge is 0.497 e. The Bertz CT molecular complexity index is 696. The van der Waals surface area contributed by atoms with Crippen LogP contribution in [-0.4, -0.2) is 25.0 Å². The van der Waals surface area contributed by atoms with Gasteiger partial charge in [0.25, 0.3) is 5.91 Å². The number of carbonyl (C=O) groups excluding carboxylic acids is 2. The number of anilines is 2. The first-order valence-corrected chi connectivity index (χ1v) is 7.47. The fraction of sp³-hybridized carbons (Fsp3) is 0.222. The average Bonchev–Trinajstić information content (AvgIpc) is 2.56. The number of methoxy groups -OCH3 is 1. The van der Waals surface area contributed by atoms with Gasteiger partial charge in [0.2, 0.25) is 5.91 Å². The summed E-state index contributed by atoms with van der Waals surface area (Å²) in [6.45, 7) is 3.11. The van der Waals surface area contributed by atoms with Gasteiger partial charge in [-0.15, -0.1) is 0 Å². The van der Waals surface area contributed by atoms with Crippen LogP contribution < -0.4 is 20.1 Å². The highest BCUT2D eigenvalue weighted by Crippen LogP contribution is 2.18. The molecular formula is C18H20N2O4. The average molecular weight is 328 g/mol. The monoisotopic (exact) mass is 328 g/mol. The molecule has 2 rings (SSSR count). The lowest BCUT2D eigenvalue weighted by molar-refractivity contribution is -0.122. The molecule has 0 bridgehead atoms. The molecule has 2 N–H and O–H groups in total. The Hall–Kier alpha value is -3.02. The molecule has 2 amide bonds. The second-order valence-electron chi connectivity index (χ2n) is 5.18. The summed E-state index contributed by atoms with van der Waals surface area (Å²) in [6, 6.07) is 13.9. The molecule has 2 aromatic carbocycles. The minimum atomic E-state index is -0.668. The molecule has 0 aromatic heterocycles. The maximum absolute atomic E-state index is 12.2. The molecule has 24 heavy (non-hydrogen) atoms. The number of nitrogens with one attached hydrogen (secondary N) is 2. The Balaban J connectivity index is 1.91. The van der Waals surface area contributed by atoms with Gasteiger partial charge in [-0.2, -0.15) is 0 Å². The molecule has 6 heteroatoms. The maximum Gasteiger partial charge on any atom is 0.265 e. The second-order valence-corrected chi connectivity index (χ2v) is 5.18. The van der Waals surface area contributed by atoms with E-state index in [2.05, 4.69) is 10.6 Å². The van der Waals surface area contributed by atoms with Gasteiger partial charge in [-0.05, 0) is 55.5 Å². The summed E-state index contributed by atoms with van der Waals surface area (Å²) in [4.78, 5) is 23.1. The van der Waals surface area contributed by atoms with Crippen LogP contribution in [0.3, 0.4) is 0 Å². The molecule has 0 aliphatic heterocycles.